The number of amides is 1. The zero-order valence-corrected chi connectivity index (χ0v) is 44.4. The van der Waals surface area contributed by atoms with Crippen LogP contribution in [0.4, 0.5) is 10.5 Å². The summed E-state index contributed by atoms with van der Waals surface area (Å²) in [5.41, 5.74) is 8.89. The number of rotatable bonds is 20. The van der Waals surface area contributed by atoms with Crippen LogP contribution in [0.15, 0.2) is 119 Å². The van der Waals surface area contributed by atoms with Gasteiger partial charge in [0, 0.05) is 51.5 Å². The molecule has 6 rings (SSSR count). The fourth-order valence-corrected chi connectivity index (χ4v) is 12.5. The Balaban J connectivity index is 1.55. The van der Waals surface area contributed by atoms with E-state index in [0.29, 0.717) is 55.0 Å². The summed E-state index contributed by atoms with van der Waals surface area (Å²) in [6.07, 6.45) is 1.73. The van der Waals surface area contributed by atoms with Gasteiger partial charge in [-0.1, -0.05) is 105 Å². The van der Waals surface area contributed by atoms with Gasteiger partial charge in [0.15, 0.2) is 8.32 Å². The molecule has 1 fully saturated rings. The summed E-state index contributed by atoms with van der Waals surface area (Å²) in [4.78, 5) is 15.3. The van der Waals surface area contributed by atoms with Crippen molar-refractivity contribution in [1.82, 2.24) is 34.6 Å². The summed E-state index contributed by atoms with van der Waals surface area (Å²) in [6.45, 7) is 16.4. The predicted octanol–water partition coefficient (Wildman–Crippen LogP) is 7.47. The molecule has 17 nitrogen and oxygen atoms in total. The van der Waals surface area contributed by atoms with Gasteiger partial charge in [-0.2, -0.15) is 9.10 Å². The number of hydrogen-bond acceptors (Lipinski definition) is 13. The van der Waals surface area contributed by atoms with Crippen LogP contribution in [0.1, 0.15) is 71.1 Å². The number of carbonyl (C=O) groups excluding carboxylic acids is 1. The second kappa shape index (κ2) is 22.7. The highest BCUT2D eigenvalue weighted by Crippen LogP contribution is 2.42. The van der Waals surface area contributed by atoms with Gasteiger partial charge in [-0.3, -0.25) is 0 Å². The molecule has 0 aliphatic carbocycles. The molecule has 70 heavy (non-hydrogen) atoms. The van der Waals surface area contributed by atoms with E-state index in [0.717, 1.165) is 5.56 Å². The van der Waals surface area contributed by atoms with Crippen molar-refractivity contribution in [1.29, 1.82) is 0 Å². The molecule has 0 spiro atoms. The Kier molecular flexibility index (Phi) is 17.5. The molecular weight excluding hydrogens is 947 g/mol. The van der Waals surface area contributed by atoms with Crippen LogP contribution in [0.25, 0.3) is 11.4 Å². The Hall–Kier alpha value is -5.48. The molecule has 4 aromatic carbocycles. The minimum Gasteiger partial charge on any atom is -0.497 e. The topological polar surface area (TPSA) is 213 Å². The van der Waals surface area contributed by atoms with E-state index in [1.54, 1.807) is 33.9 Å². The molecule has 0 saturated carbocycles. The fourth-order valence-electron chi connectivity index (χ4n) is 7.68. The summed E-state index contributed by atoms with van der Waals surface area (Å²) in [6, 6.07) is 28.6. The van der Waals surface area contributed by atoms with E-state index >= 15 is 16.8 Å². The van der Waals surface area contributed by atoms with E-state index in [4.69, 9.17) is 24.7 Å². The smallest absolute Gasteiger partial charge is 0.407 e. The number of hydrogen-bond donors (Lipinski definition) is 3. The standard InChI is InChI=1S/C50H69N9O8S2Si/c1-49(2,3)66-48(60)52-32-42(67-70(8,9)50(4,5)6)33-53-68(61,62)44-25-24-43(57-30-27-37(26-29-51)28-31-57)45(47-54-56-59(55-47)36-40-20-22-41(65-7)23-21-40)46(44)69(63,64)58(34-38-16-12-10-13-17-38)35-39-18-14-11-15-19-39/h10-26,42,53H,27-36,51H2,1-9H3,(H,52,60)/t42-/m1/s1. The first-order valence-electron chi connectivity index (χ1n) is 23.4. The molecule has 1 atom stereocenters. The number of carbonyl (C=O) groups is 1. The van der Waals surface area contributed by atoms with Crippen LogP contribution in [0.5, 0.6) is 5.75 Å². The highest BCUT2D eigenvalue weighted by Gasteiger charge is 2.41. The third-order valence-electron chi connectivity index (χ3n) is 12.3. The Labute approximate surface area is 415 Å². The first-order chi connectivity index (χ1) is 33.0. The number of aromatic nitrogens is 4. The van der Waals surface area contributed by atoms with Gasteiger partial charge in [0.1, 0.15) is 21.1 Å². The van der Waals surface area contributed by atoms with Crippen molar-refractivity contribution >= 4 is 40.1 Å². The molecule has 0 bridgehead atoms. The SMILES string of the molecule is COc1ccc(Cn2nnc(-c3c(N4CCC(=CCN)CC4)ccc(S(=O)(=O)NC[C@@H](CNC(=O)OC(C)(C)C)O[Si](C)(C)C(C)(C)C)c3S(=O)(=O)N(Cc3ccccc3)Cc3ccccc3)n2)cc1. The van der Waals surface area contributed by atoms with Gasteiger partial charge in [-0.15, -0.1) is 10.2 Å². The van der Waals surface area contributed by atoms with E-state index < -0.39 is 56.0 Å². The monoisotopic (exact) mass is 1020 g/mol. The molecule has 1 aromatic heterocycles. The number of nitrogens with zero attached hydrogens (tertiary/aromatic N) is 6. The van der Waals surface area contributed by atoms with Gasteiger partial charge in [0.2, 0.25) is 25.9 Å². The van der Waals surface area contributed by atoms with E-state index in [9.17, 15) is 4.79 Å². The van der Waals surface area contributed by atoms with Crippen LogP contribution in [-0.2, 0) is 48.8 Å². The average Bonchev–Trinajstić information content (AvgIpc) is 3.77. The van der Waals surface area contributed by atoms with Crippen LogP contribution in [-0.4, -0.2) is 107 Å². The summed E-state index contributed by atoms with van der Waals surface area (Å²) in [5.74, 6) is 0.586. The second-order valence-electron chi connectivity index (χ2n) is 19.8. The van der Waals surface area contributed by atoms with Crippen LogP contribution in [0.3, 0.4) is 0 Å². The Morgan fingerprint density at radius 2 is 1.44 bits per heavy atom. The van der Waals surface area contributed by atoms with E-state index in [-0.39, 0.29) is 49.1 Å². The number of nitrogens with two attached hydrogens (primary N) is 1. The summed E-state index contributed by atoms with van der Waals surface area (Å²) < 4.78 is 84.2. The number of alkyl carbamates (subject to hydrolysis) is 1. The summed E-state index contributed by atoms with van der Waals surface area (Å²) in [5, 5.41) is 16.1. The maximum atomic E-state index is 16.1. The lowest BCUT2D eigenvalue weighted by Crippen LogP contribution is -2.51. The molecule has 1 aliphatic heterocycles. The molecule has 2 heterocycles. The number of nitrogens with one attached hydrogen (secondary N) is 2. The van der Waals surface area contributed by atoms with Crippen LogP contribution in [0.2, 0.25) is 18.1 Å². The van der Waals surface area contributed by atoms with Crippen molar-refractivity contribution in [3.63, 3.8) is 0 Å². The minimum atomic E-state index is -4.82. The van der Waals surface area contributed by atoms with Crippen molar-refractivity contribution < 1.29 is 35.5 Å². The van der Waals surface area contributed by atoms with Crippen molar-refractivity contribution in [2.75, 3.05) is 44.7 Å². The molecule has 1 amide bonds. The highest BCUT2D eigenvalue weighted by molar-refractivity contribution is 7.92. The van der Waals surface area contributed by atoms with Crippen molar-refractivity contribution in [3.05, 3.63) is 125 Å². The average molecular weight is 1020 g/mol. The van der Waals surface area contributed by atoms with Gasteiger partial charge >= 0.3 is 6.09 Å². The lowest BCUT2D eigenvalue weighted by molar-refractivity contribution is 0.0498. The van der Waals surface area contributed by atoms with E-state index in [2.05, 4.69) is 41.1 Å². The first-order valence-corrected chi connectivity index (χ1v) is 29.3. The van der Waals surface area contributed by atoms with E-state index in [1.807, 2.05) is 109 Å². The lowest BCUT2D eigenvalue weighted by atomic mass is 10.0. The molecule has 378 valence electrons. The van der Waals surface area contributed by atoms with E-state index in [1.165, 1.54) is 20.7 Å². The van der Waals surface area contributed by atoms with Crippen molar-refractivity contribution in [2.24, 2.45) is 5.73 Å². The fraction of sp³-hybridized carbons (Fsp3) is 0.440. The molecule has 5 aromatic rings. The minimum absolute atomic E-state index is 0.0121. The maximum Gasteiger partial charge on any atom is 0.407 e. The third kappa shape index (κ3) is 14.1. The molecule has 1 aliphatic rings. The van der Waals surface area contributed by atoms with Gasteiger partial charge in [-0.05, 0) is 97.9 Å². The Bertz CT molecular complexity index is 2750. The number of ether oxygens (including phenoxy) is 2. The van der Waals surface area contributed by atoms with Gasteiger partial charge in [0.05, 0.1) is 25.3 Å². The zero-order valence-electron chi connectivity index (χ0n) is 41.8. The molecule has 20 heteroatoms. The highest BCUT2D eigenvalue weighted by atomic mass is 32.2. The number of tetrazole rings is 1. The van der Waals surface area contributed by atoms with Crippen molar-refractivity contribution in [3.8, 4) is 17.1 Å². The normalized spacial score (nSPS) is 14.4. The van der Waals surface area contributed by atoms with Crippen LogP contribution >= 0.6 is 0 Å². The van der Waals surface area contributed by atoms with Gasteiger partial charge in [0.25, 0.3) is 0 Å². The number of benzene rings is 4. The Morgan fingerprint density at radius 1 is 0.843 bits per heavy atom. The van der Waals surface area contributed by atoms with Crippen LogP contribution < -0.4 is 25.4 Å². The third-order valence-corrected chi connectivity index (χ3v) is 20.4. The second-order valence-corrected chi connectivity index (χ2v) is 28.2. The number of piperidine rings is 1. The number of anilines is 1. The molecule has 0 radical (unpaired) electrons. The molecule has 1 saturated heterocycles. The predicted molar refractivity (Wildman–Crippen MR) is 275 cm³/mol. The molecule has 4 N–H and O–H groups in total. The van der Waals surface area contributed by atoms with Gasteiger partial charge < -0.3 is 29.9 Å². The largest absolute Gasteiger partial charge is 0.497 e. The van der Waals surface area contributed by atoms with Crippen LogP contribution in [0, 0.1) is 0 Å². The summed E-state index contributed by atoms with van der Waals surface area (Å²) in [7, 11) is -10.6. The quantitative estimate of drug-likeness (QED) is 0.0511. The number of methoxy groups -OCH3 is 1. The van der Waals surface area contributed by atoms with Gasteiger partial charge in [-0.25, -0.2) is 26.4 Å². The zero-order chi connectivity index (χ0) is 50.9. The first kappa shape index (κ1) is 53.9. The number of sulfonamides is 2. The lowest BCUT2D eigenvalue weighted by Gasteiger charge is -2.39. The summed E-state index contributed by atoms with van der Waals surface area (Å²) >= 11 is 0. The molecule has 0 unspecified atom stereocenters. The van der Waals surface area contributed by atoms with Crippen molar-refractivity contribution in [2.45, 2.75) is 114 Å². The maximum absolute atomic E-state index is 16.1. The molecular formula is C50H69N9O8S2Si. The Morgan fingerprint density at radius 3 is 1.99 bits per heavy atom.